The van der Waals surface area contributed by atoms with Gasteiger partial charge in [0.1, 0.15) is 64.6 Å². The Morgan fingerprint density at radius 1 is 0.508 bits per heavy atom. The largest absolute Gasteiger partial charge is 0.497 e. The molecule has 4 aliphatic carbocycles. The van der Waals surface area contributed by atoms with E-state index in [-0.39, 0.29) is 136 Å². The highest BCUT2D eigenvalue weighted by Gasteiger charge is 2.54. The first kappa shape index (κ1) is 91.8. The number of carbonyl (C=O) groups is 12. The summed E-state index contributed by atoms with van der Waals surface area (Å²) in [6, 6.07) is 7.62. The lowest BCUT2D eigenvalue weighted by atomic mass is 9.87. The monoisotopic (exact) mass is 1710 g/mol. The zero-order valence-electron chi connectivity index (χ0n) is 70.8. The number of hydrogen-bond donors (Lipinski definition) is 11. The number of allylic oxidation sites excluding steroid dienone is 2. The van der Waals surface area contributed by atoms with Crippen LogP contribution in [0.1, 0.15) is 160 Å². The molecule has 5 saturated heterocycles. The van der Waals surface area contributed by atoms with Gasteiger partial charge in [-0.15, -0.1) is 0 Å². The molecule has 0 radical (unpaired) electrons. The molecule has 16 atom stereocenters. The summed E-state index contributed by atoms with van der Waals surface area (Å²) in [6.45, 7) is 12.3. The average Bonchev–Trinajstić information content (AvgIpc) is 1.63. The molecule has 9 aliphatic rings. The lowest BCUT2D eigenvalue weighted by molar-refractivity contribution is -0.142. The Morgan fingerprint density at radius 2 is 0.967 bits per heavy atom. The van der Waals surface area contributed by atoms with Crippen molar-refractivity contribution in [3.05, 3.63) is 112 Å². The fourth-order valence-electron chi connectivity index (χ4n) is 17.3. The number of aliphatic hydroxyl groups excluding tert-OH is 1. The van der Waals surface area contributed by atoms with Crippen LogP contribution in [-0.4, -0.2) is 246 Å². The Hall–Kier alpha value is -9.39. The summed E-state index contributed by atoms with van der Waals surface area (Å²) in [4.78, 5) is 172. The Morgan fingerprint density at radius 3 is 1.46 bits per heavy atom. The molecule has 33 nitrogen and oxygen atoms in total. The molecular formula is C88H119N11O22S. The molecule has 3 aromatic rings. The van der Waals surface area contributed by atoms with E-state index in [1.807, 2.05) is 17.0 Å². The minimum atomic E-state index is -4.06. The number of carbonyl (C=O) groups excluding carboxylic acids is 12. The molecule has 664 valence electrons. The number of ether oxygens (including phenoxy) is 7. The molecule has 0 spiro atoms. The number of benzene rings is 3. The molecule has 5 aliphatic heterocycles. The maximum absolute atomic E-state index is 15.3. The molecule has 122 heavy (non-hydrogen) atoms. The number of nitrogens with two attached hydrogens (primary N) is 1. The highest BCUT2D eigenvalue weighted by atomic mass is 32.2. The SMILES string of the molecule is COc1ccc(CC(NC(=O)C(C)NC(=O)C2CCC(O)CC2)C(=O)NC(CC2=CC(c3cc(CC(NC(=O)C(C)NC(=O)C4COC4)C(=O)NC(CC4=CC(C5CCC(CC(NC(=O)C(Cc6ccc(S(N)(=O)=O)cc6)NC(=O)C(C)NC(=O)CN6CCOCC6)C(=O)C6(C)CO6)C5)CC4)C(=O)C4(C)CO4)ccc3OC)CC2)C(=O)C2(C)CO2)cc1. The van der Waals surface area contributed by atoms with Gasteiger partial charge in [-0.05, 0) is 190 Å². The van der Waals surface area contributed by atoms with E-state index >= 15 is 4.79 Å². The van der Waals surface area contributed by atoms with Crippen molar-refractivity contribution in [2.45, 2.75) is 239 Å². The van der Waals surface area contributed by atoms with Gasteiger partial charge < -0.3 is 86.1 Å². The second kappa shape index (κ2) is 40.1. The van der Waals surface area contributed by atoms with Crippen molar-refractivity contribution in [3.8, 4) is 11.5 Å². The highest BCUT2D eigenvalue weighted by molar-refractivity contribution is 7.89. The van der Waals surface area contributed by atoms with E-state index in [0.29, 0.717) is 112 Å². The summed E-state index contributed by atoms with van der Waals surface area (Å²) in [7, 11) is -1.01. The van der Waals surface area contributed by atoms with E-state index in [0.717, 1.165) is 29.6 Å². The number of methoxy groups -OCH3 is 2. The van der Waals surface area contributed by atoms with E-state index in [9.17, 15) is 66.3 Å². The van der Waals surface area contributed by atoms with E-state index in [2.05, 4.69) is 53.9 Å². The number of primary sulfonamides is 1. The van der Waals surface area contributed by atoms with Crippen molar-refractivity contribution in [1.29, 1.82) is 0 Å². The number of morpholine rings is 1. The number of amides is 9. The van der Waals surface area contributed by atoms with Crippen LogP contribution in [0.4, 0.5) is 0 Å². The molecule has 3 aromatic carbocycles. The predicted molar refractivity (Wildman–Crippen MR) is 442 cm³/mol. The van der Waals surface area contributed by atoms with Crippen LogP contribution < -0.4 is 62.5 Å². The fraction of sp³-hybridized carbons (Fsp3) is 0.614. The van der Waals surface area contributed by atoms with E-state index in [1.54, 1.807) is 57.2 Å². The van der Waals surface area contributed by atoms with E-state index < -0.39 is 140 Å². The molecule has 0 aromatic heterocycles. The van der Waals surface area contributed by atoms with Gasteiger partial charge >= 0.3 is 0 Å². The average molecular weight is 1720 g/mol. The number of rotatable bonds is 42. The third-order valence-electron chi connectivity index (χ3n) is 25.5. The second-order valence-electron chi connectivity index (χ2n) is 35.2. The molecule has 2 saturated carbocycles. The number of nitrogens with one attached hydrogen (secondary N) is 9. The van der Waals surface area contributed by atoms with Crippen LogP contribution in [-0.2, 0) is 111 Å². The lowest BCUT2D eigenvalue weighted by Crippen LogP contribution is -2.57. The Bertz CT molecular complexity index is 4550. The fourth-order valence-corrected chi connectivity index (χ4v) is 17.8. The molecule has 9 amide bonds. The predicted octanol–water partition coefficient (Wildman–Crippen LogP) is 2.13. The van der Waals surface area contributed by atoms with Gasteiger partial charge in [0.15, 0.2) is 17.3 Å². The van der Waals surface area contributed by atoms with Gasteiger partial charge in [0.2, 0.25) is 63.2 Å². The zero-order valence-corrected chi connectivity index (χ0v) is 71.6. The van der Waals surface area contributed by atoms with Gasteiger partial charge in [-0.1, -0.05) is 66.1 Å². The quantitative estimate of drug-likeness (QED) is 0.0286. The van der Waals surface area contributed by atoms with Crippen LogP contribution >= 0.6 is 0 Å². The van der Waals surface area contributed by atoms with Crippen LogP contribution in [0.5, 0.6) is 11.5 Å². The van der Waals surface area contributed by atoms with Crippen molar-refractivity contribution in [3.63, 3.8) is 0 Å². The van der Waals surface area contributed by atoms with Gasteiger partial charge in [0.05, 0.1) is 102 Å². The number of epoxide rings is 3. The van der Waals surface area contributed by atoms with Crippen molar-refractivity contribution >= 4 is 80.5 Å². The Balaban J connectivity index is 0.727. The molecule has 16 unspecified atom stereocenters. The summed E-state index contributed by atoms with van der Waals surface area (Å²) in [5.41, 5.74) is 0.687. The number of Topliss-reactive ketones (excluding diaryl/α,β-unsaturated/α-hetero) is 3. The maximum atomic E-state index is 15.3. The highest BCUT2D eigenvalue weighted by Crippen LogP contribution is 2.46. The molecule has 7 fully saturated rings. The van der Waals surface area contributed by atoms with Gasteiger partial charge in [0.25, 0.3) is 0 Å². The number of sulfonamides is 1. The van der Waals surface area contributed by atoms with Crippen LogP contribution in [0.3, 0.4) is 0 Å². The van der Waals surface area contributed by atoms with Gasteiger partial charge in [-0.25, -0.2) is 13.6 Å². The van der Waals surface area contributed by atoms with E-state index in [1.165, 1.54) is 59.3 Å². The number of ketones is 3. The normalized spacial score (nSPS) is 26.5. The standard InChI is InChI=1S/C88H119N11O22S/c1-49(90-74(101)43-99-29-31-117-32-30-99)78(105)96-71(38-53-14-26-65(27-15-53)122(89,113)114)84(111)93-67(75(102)86(4)46-119-86)39-54-9-17-59(33-54)60-18-10-55(34-60)40-68(76(103)87(5)47-120-87)95-85(112)72(98-80(107)51(3)92-82(109)62-44-118-45-62)42-57-16-28-73(116-8)66(36-57)61-19-11-56(35-61)41-69(77(104)88(6)48-121-88)94-83(110)70(37-52-12-24-64(115-7)25-13-52)97-79(106)50(2)91-81(108)58-20-22-63(100)23-21-58/h12-16,24-28,34-36,49-51,54,58-63,67-72,100H,9-11,17-23,29-33,37-48H2,1-8H3,(H,90,101)(H,91,108)(H,92,109)(H,93,111)(H,94,110)(H,95,112)(H,96,105)(H,97,106)(H,98,107)(H2,89,113,114). The Labute approximate surface area is 711 Å². The molecule has 12 rings (SSSR count). The molecule has 5 heterocycles. The third-order valence-corrected chi connectivity index (χ3v) is 26.4. The van der Waals surface area contributed by atoms with Crippen LogP contribution in [0.25, 0.3) is 0 Å². The van der Waals surface area contributed by atoms with E-state index in [4.69, 9.17) is 38.3 Å². The van der Waals surface area contributed by atoms with Crippen molar-refractivity contribution in [1.82, 2.24) is 52.8 Å². The van der Waals surface area contributed by atoms with Crippen LogP contribution in [0, 0.1) is 29.6 Å². The number of nitrogens with zero attached hydrogens (tertiary/aromatic N) is 1. The maximum Gasteiger partial charge on any atom is 0.243 e. The number of aliphatic hydroxyl groups is 1. The first-order chi connectivity index (χ1) is 58.0. The second-order valence-corrected chi connectivity index (χ2v) is 36.8. The lowest BCUT2D eigenvalue weighted by Gasteiger charge is -2.28. The number of hydrogen-bond acceptors (Lipinski definition) is 23. The third kappa shape index (κ3) is 24.4. The minimum absolute atomic E-state index is 0.0144. The molecule has 0 bridgehead atoms. The van der Waals surface area contributed by atoms with Gasteiger partial charge in [-0.2, -0.15) is 0 Å². The van der Waals surface area contributed by atoms with Crippen molar-refractivity contribution < 1.29 is 104 Å². The first-order valence-electron chi connectivity index (χ1n) is 42.7. The van der Waals surface area contributed by atoms with Crippen molar-refractivity contribution in [2.75, 3.05) is 80.1 Å². The van der Waals surface area contributed by atoms with Gasteiger partial charge in [-0.3, -0.25) is 62.4 Å². The van der Waals surface area contributed by atoms with Crippen molar-refractivity contribution in [2.24, 2.45) is 34.7 Å². The summed E-state index contributed by atoms with van der Waals surface area (Å²) in [5, 5.41) is 41.2. The molecule has 12 N–H and O–H groups in total. The van der Waals surface area contributed by atoms with Crippen LogP contribution in [0.15, 0.2) is 94.9 Å². The summed E-state index contributed by atoms with van der Waals surface area (Å²) < 4.78 is 63.4. The summed E-state index contributed by atoms with van der Waals surface area (Å²) in [5.74, 6) is -6.08. The Kier molecular flexibility index (Phi) is 30.2. The van der Waals surface area contributed by atoms with Gasteiger partial charge in [0, 0.05) is 49.8 Å². The summed E-state index contributed by atoms with van der Waals surface area (Å²) in [6.07, 6.45) is 10.4. The topological polar surface area (TPSA) is 471 Å². The first-order valence-corrected chi connectivity index (χ1v) is 44.2. The smallest absolute Gasteiger partial charge is 0.243 e. The minimum Gasteiger partial charge on any atom is -0.497 e. The van der Waals surface area contributed by atoms with Crippen LogP contribution in [0.2, 0.25) is 0 Å². The molecule has 34 heteroatoms. The zero-order chi connectivity index (χ0) is 87.5. The molecular weight excluding hydrogens is 1600 g/mol. The summed E-state index contributed by atoms with van der Waals surface area (Å²) >= 11 is 0.